The fraction of sp³-hybridized carbons (Fsp3) is 0.278. The number of carbonyl (C=O) groups excluding carboxylic acids is 2. The molecule has 2 rings (SSSR count). The van der Waals surface area contributed by atoms with E-state index in [9.17, 15) is 9.59 Å². The molecule has 7 heteroatoms. The maximum Gasteiger partial charge on any atom is 0.331 e. The average molecular weight is 362 g/mol. The maximum atomic E-state index is 12.2. The fourth-order valence-electron chi connectivity index (χ4n) is 2.22. The summed E-state index contributed by atoms with van der Waals surface area (Å²) in [4.78, 5) is 24.1. The van der Waals surface area contributed by atoms with Crippen LogP contribution in [0.15, 0.2) is 30.3 Å². The van der Waals surface area contributed by atoms with Gasteiger partial charge in [-0.3, -0.25) is 9.48 Å². The van der Waals surface area contributed by atoms with E-state index in [-0.39, 0.29) is 0 Å². The number of hydrogen-bond donors (Lipinski definition) is 1. The number of halogens is 1. The van der Waals surface area contributed by atoms with Gasteiger partial charge in [-0.25, -0.2) is 4.79 Å². The van der Waals surface area contributed by atoms with Gasteiger partial charge in [-0.05, 0) is 44.5 Å². The predicted molar refractivity (Wildman–Crippen MR) is 97.4 cm³/mol. The summed E-state index contributed by atoms with van der Waals surface area (Å²) >= 11 is 5.88. The molecular weight excluding hydrogens is 342 g/mol. The van der Waals surface area contributed by atoms with Crippen LogP contribution in [-0.2, 0) is 21.4 Å². The molecule has 0 aliphatic heterocycles. The van der Waals surface area contributed by atoms with Gasteiger partial charge in [-0.1, -0.05) is 23.7 Å². The van der Waals surface area contributed by atoms with Crippen LogP contribution in [0.2, 0.25) is 5.02 Å². The van der Waals surface area contributed by atoms with Crippen LogP contribution >= 0.6 is 11.6 Å². The summed E-state index contributed by atoms with van der Waals surface area (Å²) in [6, 6.07) is 7.04. The average Bonchev–Trinajstić information content (AvgIpc) is 2.79. The van der Waals surface area contributed by atoms with Crippen LogP contribution in [0.1, 0.15) is 23.9 Å². The summed E-state index contributed by atoms with van der Waals surface area (Å²) < 4.78 is 6.80. The lowest BCUT2D eigenvalue weighted by Gasteiger charge is -2.12. The highest BCUT2D eigenvalue weighted by atomic mass is 35.5. The Morgan fingerprint density at radius 1 is 1.36 bits per heavy atom. The standard InChI is InChI=1S/C18H20ClN3O3/c1-11-17(12(2)22(4)21-11)20-18(24)13(3)25-16(23)9-8-14-6-5-7-15(19)10-14/h5-10,13H,1-4H3,(H,20,24)/b9-8+/t13-/m1/s1. The topological polar surface area (TPSA) is 73.2 Å². The number of nitrogens with zero attached hydrogens (tertiary/aromatic N) is 2. The number of rotatable bonds is 5. The zero-order valence-electron chi connectivity index (χ0n) is 14.5. The van der Waals surface area contributed by atoms with Gasteiger partial charge in [0.15, 0.2) is 6.10 Å². The second-order valence-electron chi connectivity index (χ2n) is 5.63. The Hall–Kier alpha value is -2.60. The first-order valence-corrected chi connectivity index (χ1v) is 8.11. The highest BCUT2D eigenvalue weighted by molar-refractivity contribution is 6.30. The Morgan fingerprint density at radius 3 is 2.68 bits per heavy atom. The molecule has 1 atom stereocenters. The van der Waals surface area contributed by atoms with Crippen LogP contribution < -0.4 is 5.32 Å². The first-order valence-electron chi connectivity index (χ1n) is 7.73. The van der Waals surface area contributed by atoms with Gasteiger partial charge >= 0.3 is 5.97 Å². The van der Waals surface area contributed by atoms with Crippen LogP contribution in [0.5, 0.6) is 0 Å². The summed E-state index contributed by atoms with van der Waals surface area (Å²) in [5.41, 5.74) is 2.92. The van der Waals surface area contributed by atoms with E-state index in [0.29, 0.717) is 16.4 Å². The van der Waals surface area contributed by atoms with Crippen LogP contribution in [-0.4, -0.2) is 27.8 Å². The third kappa shape index (κ3) is 4.93. The van der Waals surface area contributed by atoms with Crippen molar-refractivity contribution in [3.63, 3.8) is 0 Å². The largest absolute Gasteiger partial charge is 0.449 e. The summed E-state index contributed by atoms with van der Waals surface area (Å²) in [5, 5.41) is 7.55. The zero-order valence-corrected chi connectivity index (χ0v) is 15.3. The van der Waals surface area contributed by atoms with Gasteiger partial charge in [0.2, 0.25) is 0 Å². The predicted octanol–water partition coefficient (Wildman–Crippen LogP) is 3.27. The molecule has 0 fully saturated rings. The molecule has 0 saturated carbocycles. The second kappa shape index (κ2) is 7.98. The molecule has 1 heterocycles. The minimum atomic E-state index is -0.935. The molecule has 0 bridgehead atoms. The molecule has 0 aliphatic rings. The van der Waals surface area contributed by atoms with Crippen molar-refractivity contribution in [2.75, 3.05) is 5.32 Å². The lowest BCUT2D eigenvalue weighted by atomic mass is 10.2. The van der Waals surface area contributed by atoms with Gasteiger partial charge in [0, 0.05) is 18.1 Å². The number of hydrogen-bond acceptors (Lipinski definition) is 4. The Bertz CT molecular complexity index is 827. The molecule has 25 heavy (non-hydrogen) atoms. The van der Waals surface area contributed by atoms with E-state index in [2.05, 4.69) is 10.4 Å². The Labute approximate surface area is 151 Å². The number of ether oxygens (including phenoxy) is 1. The third-order valence-electron chi connectivity index (χ3n) is 3.68. The lowest BCUT2D eigenvalue weighted by Crippen LogP contribution is -2.29. The summed E-state index contributed by atoms with van der Waals surface area (Å²) in [6.45, 7) is 5.16. The highest BCUT2D eigenvalue weighted by Crippen LogP contribution is 2.18. The van der Waals surface area contributed by atoms with Crippen molar-refractivity contribution in [2.45, 2.75) is 26.9 Å². The molecular formula is C18H20ClN3O3. The minimum Gasteiger partial charge on any atom is -0.449 e. The minimum absolute atomic E-state index is 0.413. The van der Waals surface area contributed by atoms with E-state index in [4.69, 9.17) is 16.3 Å². The molecule has 0 radical (unpaired) electrons. The number of amides is 1. The van der Waals surface area contributed by atoms with E-state index >= 15 is 0 Å². The number of aryl methyl sites for hydroxylation is 2. The molecule has 0 saturated heterocycles. The van der Waals surface area contributed by atoms with Crippen molar-refractivity contribution in [3.05, 3.63) is 52.3 Å². The second-order valence-corrected chi connectivity index (χ2v) is 6.06. The van der Waals surface area contributed by atoms with E-state index in [1.54, 1.807) is 49.0 Å². The monoisotopic (exact) mass is 361 g/mol. The van der Waals surface area contributed by atoms with Crippen LogP contribution in [0.25, 0.3) is 6.08 Å². The molecule has 6 nitrogen and oxygen atoms in total. The van der Waals surface area contributed by atoms with E-state index < -0.39 is 18.0 Å². The van der Waals surface area contributed by atoms with Crippen molar-refractivity contribution in [2.24, 2.45) is 7.05 Å². The Morgan fingerprint density at radius 2 is 2.08 bits per heavy atom. The third-order valence-corrected chi connectivity index (χ3v) is 3.92. The molecule has 0 aliphatic carbocycles. The molecule has 1 aromatic carbocycles. The molecule has 1 amide bonds. The first-order chi connectivity index (χ1) is 11.8. The molecule has 132 valence electrons. The number of carbonyl (C=O) groups is 2. The van der Waals surface area contributed by atoms with Crippen LogP contribution in [0.4, 0.5) is 5.69 Å². The smallest absolute Gasteiger partial charge is 0.331 e. The van der Waals surface area contributed by atoms with Crippen molar-refractivity contribution in [1.29, 1.82) is 0 Å². The molecule has 2 aromatic rings. The van der Waals surface area contributed by atoms with Gasteiger partial charge in [0.05, 0.1) is 17.1 Å². The molecule has 1 aromatic heterocycles. The fourth-order valence-corrected chi connectivity index (χ4v) is 2.42. The van der Waals surface area contributed by atoms with E-state index in [0.717, 1.165) is 11.3 Å². The number of esters is 1. The van der Waals surface area contributed by atoms with E-state index in [1.165, 1.54) is 13.0 Å². The molecule has 1 N–H and O–H groups in total. The quantitative estimate of drug-likeness (QED) is 0.655. The van der Waals surface area contributed by atoms with Crippen LogP contribution in [0.3, 0.4) is 0 Å². The van der Waals surface area contributed by atoms with Gasteiger partial charge in [0.25, 0.3) is 5.91 Å². The summed E-state index contributed by atoms with van der Waals surface area (Å²) in [5.74, 6) is -1.02. The van der Waals surface area contributed by atoms with Crippen molar-refractivity contribution >= 4 is 35.2 Å². The summed E-state index contributed by atoms with van der Waals surface area (Å²) in [7, 11) is 1.79. The lowest BCUT2D eigenvalue weighted by molar-refractivity contribution is -0.148. The van der Waals surface area contributed by atoms with Crippen molar-refractivity contribution in [1.82, 2.24) is 9.78 Å². The SMILES string of the molecule is Cc1nn(C)c(C)c1NC(=O)[C@@H](C)OC(=O)/C=C/c1cccc(Cl)c1. The molecule has 0 spiro atoms. The highest BCUT2D eigenvalue weighted by Gasteiger charge is 2.20. The van der Waals surface area contributed by atoms with Gasteiger partial charge < -0.3 is 10.1 Å². The van der Waals surface area contributed by atoms with E-state index in [1.807, 2.05) is 6.92 Å². The number of nitrogens with one attached hydrogen (secondary N) is 1. The van der Waals surface area contributed by atoms with Crippen molar-refractivity contribution in [3.8, 4) is 0 Å². The Balaban J connectivity index is 1.95. The number of aromatic nitrogens is 2. The number of benzene rings is 1. The summed E-state index contributed by atoms with van der Waals surface area (Å²) in [6.07, 6.45) is 1.90. The first kappa shape index (κ1) is 18.7. The van der Waals surface area contributed by atoms with Crippen LogP contribution in [0, 0.1) is 13.8 Å². The molecule has 0 unspecified atom stereocenters. The number of anilines is 1. The van der Waals surface area contributed by atoms with Gasteiger partial charge in [0.1, 0.15) is 0 Å². The van der Waals surface area contributed by atoms with Gasteiger partial charge in [-0.2, -0.15) is 5.10 Å². The zero-order chi connectivity index (χ0) is 18.6. The van der Waals surface area contributed by atoms with Gasteiger partial charge in [-0.15, -0.1) is 0 Å². The Kier molecular flexibility index (Phi) is 5.98. The maximum absolute atomic E-state index is 12.2. The van der Waals surface area contributed by atoms with Crippen molar-refractivity contribution < 1.29 is 14.3 Å². The normalized spacial score (nSPS) is 12.2.